The van der Waals surface area contributed by atoms with E-state index in [-0.39, 0.29) is 0 Å². The normalized spacial score (nSPS) is 13.2. The van der Waals surface area contributed by atoms with E-state index in [9.17, 15) is 0 Å². The Morgan fingerprint density at radius 2 is 1.92 bits per heavy atom. The van der Waals surface area contributed by atoms with Crippen molar-refractivity contribution in [3.05, 3.63) is 0 Å². The molecule has 0 saturated heterocycles. The van der Waals surface area contributed by atoms with Crippen molar-refractivity contribution in [1.82, 2.24) is 5.48 Å². The predicted molar refractivity (Wildman–Crippen MR) is 56.6 cm³/mol. The van der Waals surface area contributed by atoms with Gasteiger partial charge in [0.1, 0.15) is 0 Å². The van der Waals surface area contributed by atoms with E-state index < -0.39 is 0 Å². The Hall–Kier alpha value is -0.0800. The summed E-state index contributed by atoms with van der Waals surface area (Å²) in [4.78, 5) is 5.25. The zero-order valence-corrected chi connectivity index (χ0v) is 9.38. The molecule has 1 atom stereocenters. The van der Waals surface area contributed by atoms with Crippen LogP contribution in [0.5, 0.6) is 0 Å². The highest BCUT2D eigenvalue weighted by molar-refractivity contribution is 4.54. The molecule has 0 aliphatic rings. The van der Waals surface area contributed by atoms with Gasteiger partial charge in [0.2, 0.25) is 0 Å². The minimum atomic E-state index is 0.709. The molecule has 0 aromatic rings. The van der Waals surface area contributed by atoms with Gasteiger partial charge in [-0.15, -0.1) is 0 Å². The van der Waals surface area contributed by atoms with E-state index in [0.29, 0.717) is 5.92 Å². The van der Waals surface area contributed by atoms with Crippen molar-refractivity contribution in [1.29, 1.82) is 0 Å². The van der Waals surface area contributed by atoms with Crippen molar-refractivity contribution in [2.24, 2.45) is 5.92 Å². The van der Waals surface area contributed by atoms with Crippen molar-refractivity contribution in [2.75, 3.05) is 13.2 Å². The lowest BCUT2D eigenvalue weighted by Gasteiger charge is -2.13. The van der Waals surface area contributed by atoms with Crippen molar-refractivity contribution >= 4 is 0 Å². The molecule has 13 heavy (non-hydrogen) atoms. The Labute approximate surface area is 83.0 Å². The van der Waals surface area contributed by atoms with Crippen molar-refractivity contribution in [3.63, 3.8) is 0 Å². The van der Waals surface area contributed by atoms with Crippen LogP contribution in [0.2, 0.25) is 0 Å². The number of unbranched alkanes of at least 4 members (excludes halogenated alkanes) is 1. The van der Waals surface area contributed by atoms with Crippen molar-refractivity contribution < 1.29 is 4.84 Å². The van der Waals surface area contributed by atoms with Crippen LogP contribution in [0, 0.1) is 5.92 Å². The first-order valence-electron chi connectivity index (χ1n) is 5.63. The molecule has 0 aliphatic carbocycles. The van der Waals surface area contributed by atoms with Gasteiger partial charge in [0.25, 0.3) is 0 Å². The molecular weight excluding hydrogens is 162 g/mol. The van der Waals surface area contributed by atoms with Gasteiger partial charge in [-0.1, -0.05) is 45.5 Å². The van der Waals surface area contributed by atoms with Crippen LogP contribution in [0.15, 0.2) is 0 Å². The molecule has 0 bridgehead atoms. The highest BCUT2D eigenvalue weighted by Gasteiger charge is 2.05. The molecule has 0 spiro atoms. The third-order valence-corrected chi connectivity index (χ3v) is 2.26. The number of hydrogen-bond acceptors (Lipinski definition) is 1. The van der Waals surface area contributed by atoms with E-state index in [1.165, 1.54) is 25.7 Å². The second kappa shape index (κ2) is 10.0. The molecule has 79 valence electrons. The molecule has 0 rings (SSSR count). The number of rotatable bonds is 9. The van der Waals surface area contributed by atoms with Crippen LogP contribution in [-0.4, -0.2) is 13.2 Å². The van der Waals surface area contributed by atoms with Gasteiger partial charge in [0.15, 0.2) is 0 Å². The van der Waals surface area contributed by atoms with Crippen LogP contribution in [-0.2, 0) is 4.84 Å². The van der Waals surface area contributed by atoms with Crippen LogP contribution < -0.4 is 5.48 Å². The molecule has 1 radical (unpaired) electrons. The van der Waals surface area contributed by atoms with Crippen LogP contribution in [0.25, 0.3) is 0 Å². The summed E-state index contributed by atoms with van der Waals surface area (Å²) in [5, 5.41) is 0. The SMILES string of the molecule is CCCCC(CC)CO[N]CCC. The van der Waals surface area contributed by atoms with Gasteiger partial charge < -0.3 is 0 Å². The van der Waals surface area contributed by atoms with Crippen LogP contribution in [0.3, 0.4) is 0 Å². The molecular formula is C11H24NO. The van der Waals surface area contributed by atoms with Gasteiger partial charge in [-0.25, -0.2) is 0 Å². The molecule has 1 unspecified atom stereocenters. The number of nitrogens with zero attached hydrogens (tertiary/aromatic N) is 1. The molecule has 0 heterocycles. The van der Waals surface area contributed by atoms with E-state index >= 15 is 0 Å². The highest BCUT2D eigenvalue weighted by Crippen LogP contribution is 2.12. The Balaban J connectivity index is 3.25. The molecule has 0 fully saturated rings. The minimum Gasteiger partial charge on any atom is -0.282 e. The zero-order valence-electron chi connectivity index (χ0n) is 9.38. The minimum absolute atomic E-state index is 0.709. The summed E-state index contributed by atoms with van der Waals surface area (Å²) in [6.45, 7) is 8.22. The predicted octanol–water partition coefficient (Wildman–Crippen LogP) is 3.15. The maximum absolute atomic E-state index is 5.25. The summed E-state index contributed by atoms with van der Waals surface area (Å²) in [6, 6.07) is 0. The van der Waals surface area contributed by atoms with Crippen LogP contribution in [0.1, 0.15) is 52.9 Å². The van der Waals surface area contributed by atoms with Gasteiger partial charge in [0, 0.05) is 6.54 Å². The lowest BCUT2D eigenvalue weighted by molar-refractivity contribution is 0.00694. The van der Waals surface area contributed by atoms with E-state index in [4.69, 9.17) is 4.84 Å². The Morgan fingerprint density at radius 3 is 2.46 bits per heavy atom. The van der Waals surface area contributed by atoms with Gasteiger partial charge in [-0.05, 0) is 18.8 Å². The second-order valence-electron chi connectivity index (χ2n) is 3.56. The summed E-state index contributed by atoms with van der Waals surface area (Å²) in [7, 11) is 0. The monoisotopic (exact) mass is 186 g/mol. The van der Waals surface area contributed by atoms with Gasteiger partial charge >= 0.3 is 0 Å². The number of hydroxylamine groups is 1. The summed E-state index contributed by atoms with van der Waals surface area (Å²) in [5.74, 6) is 0.709. The van der Waals surface area contributed by atoms with Crippen LogP contribution >= 0.6 is 0 Å². The van der Waals surface area contributed by atoms with Crippen LogP contribution in [0.4, 0.5) is 0 Å². The average molecular weight is 186 g/mol. The Morgan fingerprint density at radius 1 is 1.15 bits per heavy atom. The molecule has 0 aromatic heterocycles. The molecule has 0 aromatic carbocycles. The first-order chi connectivity index (χ1) is 6.35. The van der Waals surface area contributed by atoms with E-state index in [2.05, 4.69) is 26.3 Å². The van der Waals surface area contributed by atoms with E-state index in [1.807, 2.05) is 0 Å². The molecule has 0 saturated carbocycles. The smallest absolute Gasteiger partial charge is 0.0730 e. The topological polar surface area (TPSA) is 23.3 Å². The van der Waals surface area contributed by atoms with Gasteiger partial charge in [-0.3, -0.25) is 4.84 Å². The third-order valence-electron chi connectivity index (χ3n) is 2.26. The van der Waals surface area contributed by atoms with Crippen molar-refractivity contribution in [2.45, 2.75) is 52.9 Å². The highest BCUT2D eigenvalue weighted by atomic mass is 16.6. The molecule has 2 heteroatoms. The number of hydrogen-bond donors (Lipinski definition) is 0. The van der Waals surface area contributed by atoms with E-state index in [0.717, 1.165) is 19.6 Å². The summed E-state index contributed by atoms with van der Waals surface area (Å²) in [5.41, 5.74) is 3.99. The van der Waals surface area contributed by atoms with Gasteiger partial charge in [-0.2, -0.15) is 0 Å². The first kappa shape index (κ1) is 12.9. The summed E-state index contributed by atoms with van der Waals surface area (Å²) < 4.78 is 0. The fraction of sp³-hybridized carbons (Fsp3) is 1.00. The molecule has 0 N–H and O–H groups in total. The zero-order chi connectivity index (χ0) is 9.94. The lowest BCUT2D eigenvalue weighted by Crippen LogP contribution is -2.15. The second-order valence-corrected chi connectivity index (χ2v) is 3.56. The van der Waals surface area contributed by atoms with Crippen molar-refractivity contribution in [3.8, 4) is 0 Å². The lowest BCUT2D eigenvalue weighted by atomic mass is 10.0. The fourth-order valence-corrected chi connectivity index (χ4v) is 1.21. The average Bonchev–Trinajstić information content (AvgIpc) is 2.17. The fourth-order valence-electron chi connectivity index (χ4n) is 1.21. The van der Waals surface area contributed by atoms with E-state index in [1.54, 1.807) is 0 Å². The Kier molecular flexibility index (Phi) is 9.94. The summed E-state index contributed by atoms with van der Waals surface area (Å²) in [6.07, 6.45) is 6.17. The third kappa shape index (κ3) is 8.26. The Bertz CT molecular complexity index is 96.1. The molecule has 2 nitrogen and oxygen atoms in total. The molecule has 0 aliphatic heterocycles. The summed E-state index contributed by atoms with van der Waals surface area (Å²) >= 11 is 0. The maximum Gasteiger partial charge on any atom is 0.0730 e. The quantitative estimate of drug-likeness (QED) is 0.401. The first-order valence-corrected chi connectivity index (χ1v) is 5.63. The van der Waals surface area contributed by atoms with Gasteiger partial charge in [0.05, 0.1) is 6.61 Å². The standard InChI is InChI=1S/C11H24NO/c1-4-7-8-11(6-3)10-13-12-9-5-2/h11H,4-10H2,1-3H3. The maximum atomic E-state index is 5.25. The largest absolute Gasteiger partial charge is 0.282 e. The molecule has 0 amide bonds.